The molecule has 5 heteroatoms. The summed E-state index contributed by atoms with van der Waals surface area (Å²) in [5.74, 6) is -0.381. The van der Waals surface area contributed by atoms with Gasteiger partial charge in [-0.3, -0.25) is 0 Å². The van der Waals surface area contributed by atoms with Crippen LogP contribution < -0.4 is 5.32 Å². The molecule has 0 radical (unpaired) electrons. The molecule has 1 atom stereocenters. The first-order chi connectivity index (χ1) is 7.65. The van der Waals surface area contributed by atoms with Crippen LogP contribution in [0.5, 0.6) is 0 Å². The number of rotatable bonds is 3. The minimum absolute atomic E-state index is 0.255. The number of nitrogens with zero attached hydrogens (tertiary/aromatic N) is 2. The Labute approximate surface area is 92.7 Å². The molecule has 0 aliphatic heterocycles. The Morgan fingerprint density at radius 2 is 2.38 bits per heavy atom. The zero-order valence-corrected chi connectivity index (χ0v) is 9.24. The number of halogens is 1. The maximum atomic E-state index is 13.4. The van der Waals surface area contributed by atoms with E-state index in [1.165, 1.54) is 6.07 Å². The number of pyridine rings is 1. The molecule has 2 aromatic heterocycles. The fourth-order valence-electron chi connectivity index (χ4n) is 1.78. The molecular weight excluding hydrogens is 209 g/mol. The Kier molecular flexibility index (Phi) is 2.89. The first kappa shape index (κ1) is 11.0. The molecule has 0 fully saturated rings. The molecule has 1 unspecified atom stereocenters. The number of aryl methyl sites for hydroxylation is 1. The molecule has 2 N–H and O–H groups in total. The highest BCUT2D eigenvalue weighted by Crippen LogP contribution is 2.19. The van der Waals surface area contributed by atoms with Crippen molar-refractivity contribution in [3.63, 3.8) is 0 Å². The Balaban J connectivity index is 2.55. The predicted molar refractivity (Wildman–Crippen MR) is 58.8 cm³/mol. The molecule has 0 aromatic carbocycles. The highest BCUT2D eigenvalue weighted by Gasteiger charge is 2.17. The molecule has 0 amide bonds. The number of imidazole rings is 1. The number of nitrogens with one attached hydrogen (secondary N) is 1. The van der Waals surface area contributed by atoms with Crippen LogP contribution in [0.25, 0.3) is 5.65 Å². The number of aliphatic hydroxyl groups excluding tert-OH is 1. The minimum atomic E-state index is -0.718. The van der Waals surface area contributed by atoms with E-state index in [2.05, 4.69) is 10.3 Å². The number of likely N-dealkylation sites (N-methyl/N-ethyl adjacent to an activating group) is 1. The maximum absolute atomic E-state index is 13.4. The molecule has 2 heterocycles. The number of aliphatic hydroxyl groups is 1. The number of hydrogen-bond acceptors (Lipinski definition) is 3. The summed E-state index contributed by atoms with van der Waals surface area (Å²) in [4.78, 5) is 4.13. The summed E-state index contributed by atoms with van der Waals surface area (Å²) in [6, 6.07) is 2.97. The van der Waals surface area contributed by atoms with Crippen LogP contribution in [0, 0.1) is 12.7 Å². The summed E-state index contributed by atoms with van der Waals surface area (Å²) in [5, 5.41) is 12.7. The van der Waals surface area contributed by atoms with Gasteiger partial charge in [0, 0.05) is 18.4 Å². The third-order valence-corrected chi connectivity index (χ3v) is 2.59. The zero-order valence-electron chi connectivity index (χ0n) is 9.24. The second-order valence-electron chi connectivity index (χ2n) is 3.71. The van der Waals surface area contributed by atoms with Crippen molar-refractivity contribution in [3.05, 3.63) is 35.5 Å². The number of aromatic nitrogens is 2. The average Bonchev–Trinajstić information content (AvgIpc) is 2.59. The average molecular weight is 223 g/mol. The summed E-state index contributed by atoms with van der Waals surface area (Å²) in [7, 11) is 1.74. The van der Waals surface area contributed by atoms with Gasteiger partial charge in [0.15, 0.2) is 11.5 Å². The Morgan fingerprint density at radius 1 is 1.62 bits per heavy atom. The summed E-state index contributed by atoms with van der Waals surface area (Å²) >= 11 is 0. The van der Waals surface area contributed by atoms with Gasteiger partial charge >= 0.3 is 0 Å². The van der Waals surface area contributed by atoms with Gasteiger partial charge in [0.1, 0.15) is 6.10 Å². The molecule has 0 spiro atoms. The maximum Gasteiger partial charge on any atom is 0.173 e. The van der Waals surface area contributed by atoms with E-state index in [4.69, 9.17) is 0 Å². The molecule has 0 saturated carbocycles. The lowest BCUT2D eigenvalue weighted by Gasteiger charge is -2.07. The first-order valence-corrected chi connectivity index (χ1v) is 5.11. The van der Waals surface area contributed by atoms with Gasteiger partial charge in [-0.2, -0.15) is 0 Å². The topological polar surface area (TPSA) is 49.6 Å². The van der Waals surface area contributed by atoms with Gasteiger partial charge in [-0.1, -0.05) is 0 Å². The van der Waals surface area contributed by atoms with Crippen LogP contribution in [0.3, 0.4) is 0 Å². The van der Waals surface area contributed by atoms with Crippen LogP contribution in [-0.2, 0) is 0 Å². The highest BCUT2D eigenvalue weighted by molar-refractivity contribution is 5.44. The predicted octanol–water partition coefficient (Wildman–Crippen LogP) is 1.03. The van der Waals surface area contributed by atoms with Crippen molar-refractivity contribution in [1.82, 2.24) is 14.7 Å². The van der Waals surface area contributed by atoms with Gasteiger partial charge in [0.25, 0.3) is 0 Å². The van der Waals surface area contributed by atoms with E-state index in [-0.39, 0.29) is 11.5 Å². The fraction of sp³-hybridized carbons (Fsp3) is 0.364. The van der Waals surface area contributed by atoms with Crippen molar-refractivity contribution >= 4 is 5.65 Å². The quantitative estimate of drug-likeness (QED) is 0.817. The van der Waals surface area contributed by atoms with Crippen LogP contribution in [0.1, 0.15) is 17.5 Å². The van der Waals surface area contributed by atoms with E-state index in [0.29, 0.717) is 12.2 Å². The third-order valence-electron chi connectivity index (χ3n) is 2.59. The molecular formula is C11H14FN3O. The van der Waals surface area contributed by atoms with E-state index in [0.717, 1.165) is 5.69 Å². The van der Waals surface area contributed by atoms with Crippen molar-refractivity contribution in [1.29, 1.82) is 0 Å². The lowest BCUT2D eigenvalue weighted by atomic mass is 10.2. The molecule has 0 saturated heterocycles. The van der Waals surface area contributed by atoms with Gasteiger partial charge in [-0.25, -0.2) is 9.37 Å². The Morgan fingerprint density at radius 3 is 3.00 bits per heavy atom. The van der Waals surface area contributed by atoms with Crippen molar-refractivity contribution in [2.45, 2.75) is 13.0 Å². The van der Waals surface area contributed by atoms with E-state index >= 15 is 0 Å². The van der Waals surface area contributed by atoms with Crippen molar-refractivity contribution in [2.24, 2.45) is 0 Å². The van der Waals surface area contributed by atoms with Gasteiger partial charge in [0.05, 0.1) is 5.69 Å². The second-order valence-corrected chi connectivity index (χ2v) is 3.71. The van der Waals surface area contributed by atoms with E-state index in [1.54, 1.807) is 23.7 Å². The molecule has 86 valence electrons. The number of hydrogen-bond donors (Lipinski definition) is 2. The van der Waals surface area contributed by atoms with E-state index in [1.807, 2.05) is 6.92 Å². The van der Waals surface area contributed by atoms with Crippen molar-refractivity contribution in [2.75, 3.05) is 13.6 Å². The SMILES string of the molecule is CNCC(O)c1nc2c(F)cccn2c1C. The van der Waals surface area contributed by atoms with Gasteiger partial charge in [-0.05, 0) is 26.1 Å². The van der Waals surface area contributed by atoms with Crippen LogP contribution in [0.4, 0.5) is 4.39 Å². The smallest absolute Gasteiger partial charge is 0.173 e. The van der Waals surface area contributed by atoms with Gasteiger partial charge in [0.2, 0.25) is 0 Å². The van der Waals surface area contributed by atoms with Crippen LogP contribution in [0.15, 0.2) is 18.3 Å². The van der Waals surface area contributed by atoms with Gasteiger partial charge in [-0.15, -0.1) is 0 Å². The molecule has 0 aliphatic rings. The molecule has 0 aliphatic carbocycles. The normalized spacial score (nSPS) is 13.2. The molecule has 4 nitrogen and oxygen atoms in total. The molecule has 16 heavy (non-hydrogen) atoms. The van der Waals surface area contributed by atoms with Gasteiger partial charge < -0.3 is 14.8 Å². The minimum Gasteiger partial charge on any atom is -0.385 e. The third kappa shape index (κ3) is 1.68. The standard InChI is InChI=1S/C11H14FN3O/c1-7-10(9(16)6-13-2)14-11-8(12)4-3-5-15(7)11/h3-5,9,13,16H,6H2,1-2H3. The molecule has 2 rings (SSSR count). The summed E-state index contributed by atoms with van der Waals surface area (Å²) in [5.41, 5.74) is 1.53. The molecule has 2 aromatic rings. The lowest BCUT2D eigenvalue weighted by Crippen LogP contribution is -2.17. The summed E-state index contributed by atoms with van der Waals surface area (Å²) in [6.07, 6.45) is 1.01. The van der Waals surface area contributed by atoms with Crippen LogP contribution in [0.2, 0.25) is 0 Å². The van der Waals surface area contributed by atoms with Crippen LogP contribution >= 0.6 is 0 Å². The largest absolute Gasteiger partial charge is 0.385 e. The second kappa shape index (κ2) is 4.19. The Bertz CT molecular complexity index is 509. The van der Waals surface area contributed by atoms with Crippen LogP contribution in [-0.4, -0.2) is 28.1 Å². The first-order valence-electron chi connectivity index (χ1n) is 5.11. The lowest BCUT2D eigenvalue weighted by molar-refractivity contribution is 0.173. The van der Waals surface area contributed by atoms with Crippen molar-refractivity contribution in [3.8, 4) is 0 Å². The fourth-order valence-corrected chi connectivity index (χ4v) is 1.78. The molecule has 0 bridgehead atoms. The van der Waals surface area contributed by atoms with Crippen molar-refractivity contribution < 1.29 is 9.50 Å². The highest BCUT2D eigenvalue weighted by atomic mass is 19.1. The number of fused-ring (bicyclic) bond motifs is 1. The summed E-state index contributed by atoms with van der Waals surface area (Å²) in [6.45, 7) is 2.21. The van der Waals surface area contributed by atoms with E-state index < -0.39 is 6.10 Å². The summed E-state index contributed by atoms with van der Waals surface area (Å²) < 4.78 is 15.1. The Hall–Kier alpha value is -1.46. The monoisotopic (exact) mass is 223 g/mol. The van der Waals surface area contributed by atoms with E-state index in [9.17, 15) is 9.50 Å². The zero-order chi connectivity index (χ0) is 11.7.